The molecule has 0 aromatic carbocycles. The molecule has 0 saturated heterocycles. The van der Waals surface area contributed by atoms with Crippen LogP contribution in [0.1, 0.15) is 11.7 Å². The molecule has 4 nitrogen and oxygen atoms in total. The number of halogens is 2. The Morgan fingerprint density at radius 1 is 1.37 bits per heavy atom. The Labute approximate surface area is 113 Å². The molecule has 2 rings (SSSR count). The number of thiophene rings is 1. The van der Waals surface area contributed by atoms with Gasteiger partial charge in [0.1, 0.15) is 0 Å². The van der Waals surface area contributed by atoms with Crippen LogP contribution in [-0.2, 0) is 0 Å². The third kappa shape index (κ3) is 3.18. The number of nitrogens with zero attached hydrogens (tertiary/aromatic N) is 1. The van der Waals surface area contributed by atoms with Crippen LogP contribution in [0, 0.1) is 11.6 Å². The molecule has 2 heterocycles. The molecule has 3 N–H and O–H groups in total. The first-order valence-electron chi connectivity index (χ1n) is 5.59. The molecule has 7 heteroatoms. The molecule has 102 valence electrons. The molecule has 19 heavy (non-hydrogen) atoms. The maximum absolute atomic E-state index is 13.5. The van der Waals surface area contributed by atoms with Crippen LogP contribution >= 0.6 is 11.3 Å². The van der Waals surface area contributed by atoms with Crippen LogP contribution < -0.4 is 10.6 Å². The van der Waals surface area contributed by atoms with Gasteiger partial charge in [0.2, 0.25) is 0 Å². The summed E-state index contributed by atoms with van der Waals surface area (Å²) < 4.78 is 26.7. The van der Waals surface area contributed by atoms with Crippen molar-refractivity contribution < 1.29 is 13.9 Å². The fraction of sp³-hybridized carbons (Fsp3) is 0.250. The highest BCUT2D eigenvalue weighted by atomic mass is 32.1. The number of aliphatic hydroxyl groups excluding tert-OH is 1. The summed E-state index contributed by atoms with van der Waals surface area (Å²) in [5, 5.41) is 18.7. The lowest BCUT2D eigenvalue weighted by molar-refractivity contribution is 0.192. The van der Waals surface area contributed by atoms with E-state index in [0.29, 0.717) is 0 Å². The van der Waals surface area contributed by atoms with Crippen molar-refractivity contribution in [2.24, 2.45) is 0 Å². The third-order valence-corrected chi connectivity index (χ3v) is 3.26. The van der Waals surface area contributed by atoms with E-state index in [9.17, 15) is 13.9 Å². The summed E-state index contributed by atoms with van der Waals surface area (Å²) in [5.41, 5.74) is 0.744. The van der Waals surface area contributed by atoms with Gasteiger partial charge in [0.05, 0.1) is 6.10 Å². The molecule has 0 amide bonds. The molecule has 2 aromatic heterocycles. The minimum atomic E-state index is -0.797. The molecule has 0 aliphatic heterocycles. The quantitative estimate of drug-likeness (QED) is 0.790. The highest BCUT2D eigenvalue weighted by Crippen LogP contribution is 2.21. The number of rotatable bonds is 5. The highest BCUT2D eigenvalue weighted by molar-refractivity contribution is 7.07. The Balaban J connectivity index is 2.07. The zero-order chi connectivity index (χ0) is 13.8. The Morgan fingerprint density at radius 2 is 2.11 bits per heavy atom. The van der Waals surface area contributed by atoms with E-state index in [-0.39, 0.29) is 18.2 Å². The predicted octanol–water partition coefficient (Wildman–Crippen LogP) is 2.61. The van der Waals surface area contributed by atoms with Crippen molar-refractivity contribution in [3.63, 3.8) is 0 Å². The maximum Gasteiger partial charge on any atom is 0.168 e. The van der Waals surface area contributed by atoms with Gasteiger partial charge in [-0.1, -0.05) is 0 Å². The molecule has 0 aliphatic rings. The van der Waals surface area contributed by atoms with E-state index in [1.54, 1.807) is 11.4 Å². The number of nitrogens with one attached hydrogen (secondary N) is 2. The maximum atomic E-state index is 13.5. The van der Waals surface area contributed by atoms with E-state index in [4.69, 9.17) is 0 Å². The molecule has 2 aromatic rings. The average Bonchev–Trinajstić information content (AvgIpc) is 2.91. The Bertz CT molecular complexity index is 548. The van der Waals surface area contributed by atoms with Crippen LogP contribution in [0.3, 0.4) is 0 Å². The first-order chi connectivity index (χ1) is 9.11. The van der Waals surface area contributed by atoms with Gasteiger partial charge in [0.25, 0.3) is 0 Å². The van der Waals surface area contributed by atoms with Gasteiger partial charge in [0, 0.05) is 19.7 Å². The molecule has 0 radical (unpaired) electrons. The molecule has 0 bridgehead atoms. The number of hydrogen-bond donors (Lipinski definition) is 3. The van der Waals surface area contributed by atoms with Crippen molar-refractivity contribution in [1.82, 2.24) is 4.98 Å². The van der Waals surface area contributed by atoms with Gasteiger partial charge in [-0.05, 0) is 22.4 Å². The lowest BCUT2D eigenvalue weighted by Gasteiger charge is -2.12. The molecule has 0 spiro atoms. The highest BCUT2D eigenvalue weighted by Gasteiger charge is 2.13. The normalized spacial score (nSPS) is 12.2. The standard InChI is InChI=1S/C12H13F2N3OS/c1-15-11-8(13)4-9(14)12(17-11)16-5-10(18)7-2-3-19-6-7/h2-4,6,10,18H,5H2,1H3,(H2,15,16,17). The van der Waals surface area contributed by atoms with Crippen LogP contribution in [0.2, 0.25) is 0 Å². The number of aromatic nitrogens is 1. The zero-order valence-corrected chi connectivity index (χ0v) is 11.0. The van der Waals surface area contributed by atoms with Crippen LogP contribution in [0.25, 0.3) is 0 Å². The summed E-state index contributed by atoms with van der Waals surface area (Å²) in [6.45, 7) is 0.0927. The van der Waals surface area contributed by atoms with Crippen LogP contribution in [0.4, 0.5) is 20.4 Å². The topological polar surface area (TPSA) is 57.2 Å². The third-order valence-electron chi connectivity index (χ3n) is 2.56. The first-order valence-corrected chi connectivity index (χ1v) is 6.54. The molecule has 1 unspecified atom stereocenters. The van der Waals surface area contributed by atoms with Gasteiger partial charge in [-0.25, -0.2) is 13.8 Å². The first kappa shape index (κ1) is 13.7. The van der Waals surface area contributed by atoms with Crippen molar-refractivity contribution in [2.45, 2.75) is 6.10 Å². The molecule has 0 saturated carbocycles. The van der Waals surface area contributed by atoms with E-state index in [1.165, 1.54) is 18.4 Å². The Morgan fingerprint density at radius 3 is 2.74 bits per heavy atom. The largest absolute Gasteiger partial charge is 0.387 e. The molecular weight excluding hydrogens is 272 g/mol. The second kappa shape index (κ2) is 5.94. The summed E-state index contributed by atoms with van der Waals surface area (Å²) >= 11 is 1.46. The van der Waals surface area contributed by atoms with Gasteiger partial charge in [0.15, 0.2) is 23.3 Å². The minimum absolute atomic E-state index is 0.0473. The SMILES string of the molecule is CNc1nc(NCC(O)c2ccsc2)c(F)cc1F. The van der Waals surface area contributed by atoms with E-state index in [1.807, 2.05) is 5.38 Å². The number of anilines is 2. The second-order valence-corrected chi connectivity index (χ2v) is 4.63. The molecule has 0 fully saturated rings. The van der Waals surface area contributed by atoms with Crippen molar-refractivity contribution in [3.05, 3.63) is 40.1 Å². The number of aliphatic hydroxyl groups is 1. The fourth-order valence-corrected chi connectivity index (χ4v) is 2.25. The van der Waals surface area contributed by atoms with Crippen molar-refractivity contribution in [1.29, 1.82) is 0 Å². The molecule has 1 atom stereocenters. The van der Waals surface area contributed by atoms with Gasteiger partial charge >= 0.3 is 0 Å². The monoisotopic (exact) mass is 285 g/mol. The summed E-state index contributed by atoms with van der Waals surface area (Å²) in [7, 11) is 1.49. The van der Waals surface area contributed by atoms with E-state index in [2.05, 4.69) is 15.6 Å². The van der Waals surface area contributed by atoms with Crippen LogP contribution in [0.15, 0.2) is 22.9 Å². The zero-order valence-electron chi connectivity index (χ0n) is 10.2. The molecule has 0 aliphatic carbocycles. The second-order valence-electron chi connectivity index (χ2n) is 3.85. The van der Waals surface area contributed by atoms with Gasteiger partial charge in [-0.15, -0.1) is 0 Å². The minimum Gasteiger partial charge on any atom is -0.387 e. The Hall–Kier alpha value is -1.73. The van der Waals surface area contributed by atoms with Gasteiger partial charge < -0.3 is 15.7 Å². The lowest BCUT2D eigenvalue weighted by Crippen LogP contribution is -2.14. The summed E-state index contributed by atoms with van der Waals surface area (Å²) in [6, 6.07) is 2.53. The summed E-state index contributed by atoms with van der Waals surface area (Å²) in [6.07, 6.45) is -0.768. The van der Waals surface area contributed by atoms with Gasteiger partial charge in [-0.2, -0.15) is 11.3 Å². The van der Waals surface area contributed by atoms with E-state index in [0.717, 1.165) is 11.6 Å². The number of hydrogen-bond acceptors (Lipinski definition) is 5. The molecular formula is C12H13F2N3OS. The predicted molar refractivity (Wildman–Crippen MR) is 71.5 cm³/mol. The van der Waals surface area contributed by atoms with Crippen molar-refractivity contribution in [2.75, 3.05) is 24.2 Å². The van der Waals surface area contributed by atoms with E-state index < -0.39 is 17.7 Å². The lowest BCUT2D eigenvalue weighted by atomic mass is 10.2. The Kier molecular flexibility index (Phi) is 4.28. The summed E-state index contributed by atoms with van der Waals surface area (Å²) in [5.74, 6) is -1.70. The fourth-order valence-electron chi connectivity index (χ4n) is 1.54. The van der Waals surface area contributed by atoms with Crippen LogP contribution in [0.5, 0.6) is 0 Å². The van der Waals surface area contributed by atoms with Crippen LogP contribution in [-0.4, -0.2) is 23.7 Å². The summed E-state index contributed by atoms with van der Waals surface area (Å²) in [4.78, 5) is 3.76. The average molecular weight is 285 g/mol. The van der Waals surface area contributed by atoms with E-state index >= 15 is 0 Å². The van der Waals surface area contributed by atoms with Crippen molar-refractivity contribution in [3.8, 4) is 0 Å². The van der Waals surface area contributed by atoms with Gasteiger partial charge in [-0.3, -0.25) is 0 Å². The smallest absolute Gasteiger partial charge is 0.168 e. The number of pyridine rings is 1. The van der Waals surface area contributed by atoms with Crippen molar-refractivity contribution >= 4 is 23.0 Å².